The van der Waals surface area contributed by atoms with Crippen LogP contribution in [-0.2, 0) is 16.4 Å². The second-order valence-corrected chi connectivity index (χ2v) is 9.35. The molecule has 1 aromatic heterocycles. The van der Waals surface area contributed by atoms with Crippen molar-refractivity contribution in [3.8, 4) is 0 Å². The Balaban J connectivity index is 2.38. The van der Waals surface area contributed by atoms with E-state index in [0.717, 1.165) is 6.42 Å². The fourth-order valence-electron chi connectivity index (χ4n) is 2.13. The molecule has 126 valence electrons. The predicted octanol–water partition coefficient (Wildman–Crippen LogP) is 2.58. The molecular weight excluding hydrogens is 332 g/mol. The molecule has 2 aromatic rings. The minimum atomic E-state index is -3.02. The number of rotatable bonds is 7. The summed E-state index contributed by atoms with van der Waals surface area (Å²) < 4.78 is 24.3. The van der Waals surface area contributed by atoms with Crippen LogP contribution in [0, 0.1) is 5.92 Å². The van der Waals surface area contributed by atoms with Crippen molar-refractivity contribution in [3.05, 3.63) is 34.6 Å². The van der Waals surface area contributed by atoms with Gasteiger partial charge in [-0.3, -0.25) is 9.36 Å². The molecule has 2 rings (SSSR count). The van der Waals surface area contributed by atoms with Gasteiger partial charge in [-0.1, -0.05) is 37.7 Å². The maximum Gasteiger partial charge on any atom is 0.262 e. The Morgan fingerprint density at radius 2 is 1.96 bits per heavy atom. The normalized spacial score (nSPS) is 12.2. The highest BCUT2D eigenvalue weighted by Crippen LogP contribution is 2.19. The van der Waals surface area contributed by atoms with E-state index in [1.807, 2.05) is 18.2 Å². The zero-order valence-corrected chi connectivity index (χ0v) is 15.3. The van der Waals surface area contributed by atoms with Crippen molar-refractivity contribution in [1.82, 2.24) is 9.55 Å². The summed E-state index contributed by atoms with van der Waals surface area (Å²) in [6, 6.07) is 7.26. The Hall–Kier alpha value is -1.34. The number of hydrogen-bond donors (Lipinski definition) is 0. The highest BCUT2D eigenvalue weighted by Gasteiger charge is 2.13. The molecule has 1 aromatic carbocycles. The van der Waals surface area contributed by atoms with Crippen LogP contribution in [0.5, 0.6) is 0 Å². The van der Waals surface area contributed by atoms with Crippen molar-refractivity contribution in [2.24, 2.45) is 5.92 Å². The molecule has 5 nitrogen and oxygen atoms in total. The summed E-state index contributed by atoms with van der Waals surface area (Å²) in [5.41, 5.74) is 0.596. The third-order valence-corrected chi connectivity index (χ3v) is 5.62. The smallest absolute Gasteiger partial charge is 0.262 e. The fourth-order valence-corrected chi connectivity index (χ4v) is 4.35. The first-order valence-electron chi connectivity index (χ1n) is 7.58. The predicted molar refractivity (Wildman–Crippen MR) is 95.9 cm³/mol. The molecule has 0 unspecified atom stereocenters. The lowest BCUT2D eigenvalue weighted by Gasteiger charge is -2.14. The van der Waals surface area contributed by atoms with Crippen molar-refractivity contribution in [3.63, 3.8) is 0 Å². The number of para-hydroxylation sites is 1. The highest BCUT2D eigenvalue weighted by atomic mass is 32.2. The van der Waals surface area contributed by atoms with E-state index in [1.54, 1.807) is 10.6 Å². The van der Waals surface area contributed by atoms with Gasteiger partial charge in [0.05, 0.1) is 16.7 Å². The SMILES string of the molecule is CC(C)CCn1c(SCCS(C)(=O)=O)nc2ccccc2c1=O. The van der Waals surface area contributed by atoms with Gasteiger partial charge in [-0.05, 0) is 24.5 Å². The number of aromatic nitrogens is 2. The minimum absolute atomic E-state index is 0.0573. The van der Waals surface area contributed by atoms with Gasteiger partial charge in [0.15, 0.2) is 5.16 Å². The van der Waals surface area contributed by atoms with Crippen molar-refractivity contribution < 1.29 is 8.42 Å². The van der Waals surface area contributed by atoms with Crippen LogP contribution in [0.25, 0.3) is 10.9 Å². The molecule has 0 N–H and O–H groups in total. The number of sulfone groups is 1. The summed E-state index contributed by atoms with van der Waals surface area (Å²) in [5.74, 6) is 0.942. The molecule has 23 heavy (non-hydrogen) atoms. The highest BCUT2D eigenvalue weighted by molar-refractivity contribution is 8.00. The van der Waals surface area contributed by atoms with Gasteiger partial charge >= 0.3 is 0 Å². The summed E-state index contributed by atoms with van der Waals surface area (Å²) in [5, 5.41) is 1.20. The van der Waals surface area contributed by atoms with Crippen molar-refractivity contribution in [2.45, 2.75) is 32.0 Å². The first-order chi connectivity index (χ1) is 10.8. The number of benzene rings is 1. The molecule has 0 fully saturated rings. The lowest BCUT2D eigenvalue weighted by atomic mass is 10.1. The van der Waals surface area contributed by atoms with E-state index < -0.39 is 9.84 Å². The Morgan fingerprint density at radius 3 is 2.61 bits per heavy atom. The summed E-state index contributed by atoms with van der Waals surface area (Å²) in [6.45, 7) is 4.81. The first-order valence-corrected chi connectivity index (χ1v) is 10.6. The summed E-state index contributed by atoms with van der Waals surface area (Å²) in [7, 11) is -3.02. The van der Waals surface area contributed by atoms with E-state index in [2.05, 4.69) is 18.8 Å². The quantitative estimate of drug-likeness (QED) is 0.565. The Morgan fingerprint density at radius 1 is 1.26 bits per heavy atom. The molecule has 0 saturated carbocycles. The van der Waals surface area contributed by atoms with Crippen LogP contribution in [0.4, 0.5) is 0 Å². The zero-order valence-electron chi connectivity index (χ0n) is 13.7. The zero-order chi connectivity index (χ0) is 17.0. The van der Waals surface area contributed by atoms with Crippen LogP contribution >= 0.6 is 11.8 Å². The van der Waals surface area contributed by atoms with E-state index in [0.29, 0.717) is 34.3 Å². The molecule has 0 saturated heterocycles. The molecule has 0 amide bonds. The molecule has 0 radical (unpaired) electrons. The van der Waals surface area contributed by atoms with Gasteiger partial charge in [-0.15, -0.1) is 0 Å². The van der Waals surface area contributed by atoms with Gasteiger partial charge in [-0.2, -0.15) is 0 Å². The molecule has 7 heteroatoms. The number of hydrogen-bond acceptors (Lipinski definition) is 5. The molecular formula is C16H22N2O3S2. The second kappa shape index (κ2) is 7.49. The van der Waals surface area contributed by atoms with Crippen molar-refractivity contribution in [2.75, 3.05) is 17.8 Å². The van der Waals surface area contributed by atoms with E-state index in [9.17, 15) is 13.2 Å². The molecule has 1 heterocycles. The van der Waals surface area contributed by atoms with Gasteiger partial charge in [0.25, 0.3) is 5.56 Å². The van der Waals surface area contributed by atoms with Gasteiger partial charge in [-0.25, -0.2) is 13.4 Å². The lowest BCUT2D eigenvalue weighted by Crippen LogP contribution is -2.24. The summed E-state index contributed by atoms with van der Waals surface area (Å²) >= 11 is 1.33. The standard InChI is InChI=1S/C16H22N2O3S2/c1-12(2)8-9-18-15(19)13-6-4-5-7-14(13)17-16(18)22-10-11-23(3,20)21/h4-7,12H,8-11H2,1-3H3. The number of fused-ring (bicyclic) bond motifs is 1. The van der Waals surface area contributed by atoms with Crippen LogP contribution in [0.1, 0.15) is 20.3 Å². The maximum absolute atomic E-state index is 12.7. The molecule has 0 spiro atoms. The molecule has 0 bridgehead atoms. The summed E-state index contributed by atoms with van der Waals surface area (Å²) in [4.78, 5) is 17.3. The third kappa shape index (κ3) is 5.07. The van der Waals surface area contributed by atoms with E-state index in [1.165, 1.54) is 18.0 Å². The Kier molecular flexibility index (Phi) is 5.86. The van der Waals surface area contributed by atoms with Crippen LogP contribution < -0.4 is 5.56 Å². The Bertz CT molecular complexity index is 842. The van der Waals surface area contributed by atoms with E-state index >= 15 is 0 Å². The van der Waals surface area contributed by atoms with E-state index in [4.69, 9.17) is 0 Å². The minimum Gasteiger partial charge on any atom is -0.287 e. The fraction of sp³-hybridized carbons (Fsp3) is 0.500. The molecule has 0 aliphatic rings. The lowest BCUT2D eigenvalue weighted by molar-refractivity contribution is 0.481. The topological polar surface area (TPSA) is 69.0 Å². The summed E-state index contributed by atoms with van der Waals surface area (Å²) in [6.07, 6.45) is 2.09. The van der Waals surface area contributed by atoms with Gasteiger partial charge in [0, 0.05) is 18.6 Å². The van der Waals surface area contributed by atoms with E-state index in [-0.39, 0.29) is 11.3 Å². The molecule has 0 atom stereocenters. The molecule has 0 aliphatic heterocycles. The van der Waals surface area contributed by atoms with Crippen LogP contribution in [0.15, 0.2) is 34.2 Å². The number of thioether (sulfide) groups is 1. The van der Waals surface area contributed by atoms with Crippen molar-refractivity contribution in [1.29, 1.82) is 0 Å². The molecule has 0 aliphatic carbocycles. The Labute approximate surface area is 141 Å². The second-order valence-electron chi connectivity index (χ2n) is 6.03. The van der Waals surface area contributed by atoms with Crippen LogP contribution in [0.2, 0.25) is 0 Å². The van der Waals surface area contributed by atoms with Gasteiger partial charge in [0.1, 0.15) is 9.84 Å². The first kappa shape index (κ1) is 18.0. The largest absolute Gasteiger partial charge is 0.287 e. The number of nitrogens with zero attached hydrogens (tertiary/aromatic N) is 2. The van der Waals surface area contributed by atoms with Crippen LogP contribution in [-0.4, -0.2) is 35.7 Å². The monoisotopic (exact) mass is 354 g/mol. The average Bonchev–Trinajstić information content (AvgIpc) is 2.45. The van der Waals surface area contributed by atoms with Crippen LogP contribution in [0.3, 0.4) is 0 Å². The maximum atomic E-state index is 12.7. The van der Waals surface area contributed by atoms with Gasteiger partial charge in [0.2, 0.25) is 0 Å². The van der Waals surface area contributed by atoms with Crippen molar-refractivity contribution >= 4 is 32.5 Å². The van der Waals surface area contributed by atoms with Gasteiger partial charge < -0.3 is 0 Å². The third-order valence-electron chi connectivity index (χ3n) is 3.44. The average molecular weight is 354 g/mol.